The second-order valence-corrected chi connectivity index (χ2v) is 34.2. The van der Waals surface area contributed by atoms with Crippen molar-refractivity contribution in [1.29, 1.82) is 0 Å². The number of amides is 1. The summed E-state index contributed by atoms with van der Waals surface area (Å²) in [5.41, 5.74) is 0. The van der Waals surface area contributed by atoms with Gasteiger partial charge in [0.1, 0.15) is 73.2 Å². The van der Waals surface area contributed by atoms with Crippen LogP contribution in [0.3, 0.4) is 0 Å². The number of aliphatic hydroxyl groups is 11. The van der Waals surface area contributed by atoms with Crippen LogP contribution in [0.15, 0.2) is 12.2 Å². The Hall–Kier alpha value is -1.47. The Labute approximate surface area is 677 Å². The fourth-order valence-electron chi connectivity index (χ4n) is 16.6. The van der Waals surface area contributed by atoms with Crippen LogP contribution >= 0.6 is 0 Å². The Bertz CT molecular complexity index is 2040. The molecule has 3 rings (SSSR count). The van der Waals surface area contributed by atoms with E-state index in [1.54, 1.807) is 6.08 Å². The highest BCUT2D eigenvalue weighted by Crippen LogP contribution is 2.34. The smallest absolute Gasteiger partial charge is 0.220 e. The van der Waals surface area contributed by atoms with Crippen molar-refractivity contribution in [3.05, 3.63) is 12.2 Å². The molecule has 0 aromatic carbocycles. The largest absolute Gasteiger partial charge is 0.394 e. The van der Waals surface area contributed by atoms with Crippen LogP contribution in [0.2, 0.25) is 0 Å². The molecular weight excluding hydrogens is 1410 g/mol. The van der Waals surface area contributed by atoms with Crippen LogP contribution in [-0.4, -0.2) is 193 Å². The minimum absolute atomic E-state index is 0.251. The molecule has 3 heterocycles. The molecule has 3 fully saturated rings. The third-order valence-electron chi connectivity index (χ3n) is 24.1. The Kier molecular flexibility index (Phi) is 67.8. The van der Waals surface area contributed by atoms with E-state index in [1.165, 1.54) is 366 Å². The van der Waals surface area contributed by atoms with Gasteiger partial charge in [-0.25, -0.2) is 0 Å². The summed E-state index contributed by atoms with van der Waals surface area (Å²) in [7, 11) is 0. The second kappa shape index (κ2) is 72.5. The van der Waals surface area contributed by atoms with Gasteiger partial charge in [0.05, 0.1) is 38.6 Å². The number of ether oxygens (including phenoxy) is 6. The minimum atomic E-state index is -1.98. The summed E-state index contributed by atoms with van der Waals surface area (Å²) in [5, 5.41) is 121. The molecule has 3 aliphatic heterocycles. The summed E-state index contributed by atoms with van der Waals surface area (Å²) in [6.07, 6.45) is 63.9. The molecule has 19 heteroatoms. The Balaban J connectivity index is 1.31. The SMILES string of the molecule is CCCCCCCCCCCCCCCCCCCCCCCCCCCCCCCC/C=C/C(O)C(COC1OC(CO)C(OC2OC(CO)C(OC3OC(CO)C(O)C(O)C3O)C(O)C2O)C(O)C1O)NC(=O)CCCCCCCCCCCCCCCCCCCCCCCCCCCCCCCCCCCC. The zero-order valence-corrected chi connectivity index (χ0v) is 71.2. The standard InChI is InChI=1S/C92H177NO18/c1-3-5-7-9-11-13-15-17-19-21-23-25-27-29-31-33-35-37-38-40-42-44-46-48-50-52-54-56-58-60-62-64-66-68-70-80(98)93-75(76(97)69-67-65-63-61-59-57-55-53-51-49-47-45-43-41-39-36-34-32-30-28-26-24-22-20-18-16-14-12-10-8-6-4-2)74-106-90-86(104)83(101)88(78(72-95)108-90)111-92-87(105)84(102)89(79(73-96)109-92)110-91-85(103)82(100)81(99)77(71-94)107-91/h67,69,75-79,81-92,94-97,99-105H,3-66,68,70-74H2,1-2H3,(H,93,98)/b69-67+. The molecule has 658 valence electrons. The average Bonchev–Trinajstić information content (AvgIpc) is 0.781. The third-order valence-corrected chi connectivity index (χ3v) is 24.1. The molecule has 0 aliphatic carbocycles. The maximum atomic E-state index is 13.5. The van der Waals surface area contributed by atoms with Gasteiger partial charge in [-0.2, -0.15) is 0 Å². The fourth-order valence-corrected chi connectivity index (χ4v) is 16.6. The number of hydrogen-bond acceptors (Lipinski definition) is 18. The highest BCUT2D eigenvalue weighted by atomic mass is 16.8. The van der Waals surface area contributed by atoms with Gasteiger partial charge >= 0.3 is 0 Å². The predicted octanol–water partition coefficient (Wildman–Crippen LogP) is 18.6. The summed E-state index contributed by atoms with van der Waals surface area (Å²) in [5.74, 6) is -0.264. The van der Waals surface area contributed by atoms with Crippen molar-refractivity contribution in [2.45, 2.75) is 542 Å². The number of carbonyl (C=O) groups excluding carboxylic acids is 1. The highest BCUT2D eigenvalue weighted by molar-refractivity contribution is 5.76. The molecule has 0 saturated carbocycles. The van der Waals surface area contributed by atoms with Gasteiger partial charge in [0.25, 0.3) is 0 Å². The molecule has 0 radical (unpaired) electrons. The van der Waals surface area contributed by atoms with Crippen LogP contribution in [0.5, 0.6) is 0 Å². The lowest BCUT2D eigenvalue weighted by Gasteiger charge is -2.48. The van der Waals surface area contributed by atoms with Crippen LogP contribution < -0.4 is 5.32 Å². The summed E-state index contributed by atoms with van der Waals surface area (Å²) < 4.78 is 34.6. The van der Waals surface area contributed by atoms with Crippen molar-refractivity contribution < 1.29 is 89.4 Å². The molecule has 0 bridgehead atoms. The van der Waals surface area contributed by atoms with Crippen LogP contribution in [0.1, 0.15) is 438 Å². The van der Waals surface area contributed by atoms with E-state index in [4.69, 9.17) is 28.4 Å². The van der Waals surface area contributed by atoms with Gasteiger partial charge in [0.15, 0.2) is 18.9 Å². The summed E-state index contributed by atoms with van der Waals surface area (Å²) in [6.45, 7) is 1.83. The van der Waals surface area contributed by atoms with E-state index < -0.39 is 124 Å². The van der Waals surface area contributed by atoms with Crippen molar-refractivity contribution in [1.82, 2.24) is 5.32 Å². The molecule has 3 aliphatic rings. The lowest BCUT2D eigenvalue weighted by atomic mass is 9.96. The number of aliphatic hydroxyl groups excluding tert-OH is 11. The van der Waals surface area contributed by atoms with Crippen LogP contribution in [0.25, 0.3) is 0 Å². The van der Waals surface area contributed by atoms with E-state index in [0.29, 0.717) is 6.42 Å². The van der Waals surface area contributed by atoms with Crippen molar-refractivity contribution in [3.8, 4) is 0 Å². The van der Waals surface area contributed by atoms with Gasteiger partial charge in [-0.3, -0.25) is 4.79 Å². The maximum absolute atomic E-state index is 13.5. The second-order valence-electron chi connectivity index (χ2n) is 34.2. The molecule has 111 heavy (non-hydrogen) atoms. The quantitative estimate of drug-likeness (QED) is 0.0199. The van der Waals surface area contributed by atoms with E-state index in [-0.39, 0.29) is 18.9 Å². The lowest BCUT2D eigenvalue weighted by molar-refractivity contribution is -0.379. The molecular formula is C92H177NO18. The van der Waals surface area contributed by atoms with Crippen LogP contribution in [-0.2, 0) is 33.2 Å². The van der Waals surface area contributed by atoms with E-state index in [9.17, 15) is 61.0 Å². The summed E-state index contributed by atoms with van der Waals surface area (Å²) in [4.78, 5) is 13.5. The predicted molar refractivity (Wildman–Crippen MR) is 448 cm³/mol. The molecule has 0 aromatic rings. The van der Waals surface area contributed by atoms with Gasteiger partial charge in [-0.05, 0) is 19.3 Å². The van der Waals surface area contributed by atoms with Gasteiger partial charge in [-0.15, -0.1) is 0 Å². The number of carbonyl (C=O) groups is 1. The van der Waals surface area contributed by atoms with E-state index >= 15 is 0 Å². The number of unbranched alkanes of at least 4 members (excludes halogenated alkanes) is 63. The first kappa shape index (κ1) is 104. The molecule has 17 unspecified atom stereocenters. The van der Waals surface area contributed by atoms with Gasteiger partial charge in [0, 0.05) is 6.42 Å². The molecule has 3 saturated heterocycles. The van der Waals surface area contributed by atoms with Crippen LogP contribution in [0, 0.1) is 0 Å². The number of hydrogen-bond donors (Lipinski definition) is 12. The van der Waals surface area contributed by atoms with E-state index in [1.807, 2.05) is 6.08 Å². The zero-order chi connectivity index (χ0) is 80.3. The van der Waals surface area contributed by atoms with Crippen molar-refractivity contribution >= 4 is 5.91 Å². The molecule has 0 spiro atoms. The van der Waals surface area contributed by atoms with Crippen molar-refractivity contribution in [2.24, 2.45) is 0 Å². The number of nitrogens with one attached hydrogen (secondary N) is 1. The average molecular weight is 1590 g/mol. The fraction of sp³-hybridized carbons (Fsp3) is 0.967. The van der Waals surface area contributed by atoms with Crippen molar-refractivity contribution in [3.63, 3.8) is 0 Å². The summed E-state index contributed by atoms with van der Waals surface area (Å²) >= 11 is 0. The Morgan fingerprint density at radius 3 is 0.847 bits per heavy atom. The first-order valence-corrected chi connectivity index (χ1v) is 47.4. The zero-order valence-electron chi connectivity index (χ0n) is 71.2. The minimum Gasteiger partial charge on any atom is -0.394 e. The molecule has 1 amide bonds. The van der Waals surface area contributed by atoms with E-state index in [2.05, 4.69) is 19.2 Å². The molecule has 0 aromatic heterocycles. The topological polar surface area (TPSA) is 307 Å². The first-order valence-electron chi connectivity index (χ1n) is 47.4. The van der Waals surface area contributed by atoms with E-state index in [0.717, 1.165) is 44.9 Å². The monoisotopic (exact) mass is 1580 g/mol. The normalized spacial score (nSPS) is 25.0. The molecule has 19 nitrogen and oxygen atoms in total. The van der Waals surface area contributed by atoms with Gasteiger partial charge in [-0.1, -0.05) is 424 Å². The number of allylic oxidation sites excluding steroid dienone is 1. The van der Waals surface area contributed by atoms with Crippen molar-refractivity contribution in [2.75, 3.05) is 26.4 Å². The summed E-state index contributed by atoms with van der Waals surface area (Å²) in [6, 6.07) is -0.972. The number of rotatable bonds is 79. The Morgan fingerprint density at radius 1 is 0.315 bits per heavy atom. The Morgan fingerprint density at radius 2 is 0.559 bits per heavy atom. The molecule has 12 N–H and O–H groups in total. The molecule has 17 atom stereocenters. The maximum Gasteiger partial charge on any atom is 0.220 e. The lowest BCUT2D eigenvalue weighted by Crippen LogP contribution is -2.66. The highest BCUT2D eigenvalue weighted by Gasteiger charge is 2.54. The third kappa shape index (κ3) is 50.9. The van der Waals surface area contributed by atoms with Crippen LogP contribution in [0.4, 0.5) is 0 Å². The van der Waals surface area contributed by atoms with Gasteiger partial charge < -0.3 is 89.9 Å². The first-order chi connectivity index (χ1) is 54.3. The van der Waals surface area contributed by atoms with Gasteiger partial charge in [0.2, 0.25) is 5.91 Å².